The van der Waals surface area contributed by atoms with Crippen molar-refractivity contribution in [1.29, 1.82) is 0 Å². The predicted octanol–water partition coefficient (Wildman–Crippen LogP) is 3.18. The van der Waals surface area contributed by atoms with Gasteiger partial charge < -0.3 is 9.59 Å². The number of nitrogens with zero attached hydrogens (tertiary/aromatic N) is 2. The second kappa shape index (κ2) is 9.07. The van der Waals surface area contributed by atoms with Crippen LogP contribution >= 0.6 is 0 Å². The SMILES string of the molecule is CC[N+](CC)(CC)CC.O=C(O)c1ccccc1[N+](=O)[O-]. The van der Waals surface area contributed by atoms with E-state index in [0.717, 1.165) is 6.07 Å². The van der Waals surface area contributed by atoms with Gasteiger partial charge in [0.2, 0.25) is 0 Å². The molecule has 21 heavy (non-hydrogen) atoms. The Labute approximate surface area is 125 Å². The fourth-order valence-electron chi connectivity index (χ4n) is 2.16. The highest BCUT2D eigenvalue weighted by Crippen LogP contribution is 2.16. The Morgan fingerprint density at radius 2 is 1.52 bits per heavy atom. The van der Waals surface area contributed by atoms with Gasteiger partial charge >= 0.3 is 5.97 Å². The molecule has 0 heterocycles. The maximum Gasteiger partial charge on any atom is 0.342 e. The maximum atomic E-state index is 10.4. The van der Waals surface area contributed by atoms with E-state index in [1.165, 1.54) is 48.9 Å². The van der Waals surface area contributed by atoms with Gasteiger partial charge in [-0.3, -0.25) is 10.1 Å². The molecule has 0 aliphatic heterocycles. The molecule has 6 nitrogen and oxygen atoms in total. The van der Waals surface area contributed by atoms with Crippen LogP contribution in [-0.2, 0) is 0 Å². The first-order chi connectivity index (χ1) is 9.87. The van der Waals surface area contributed by atoms with Crippen LogP contribution in [-0.4, -0.2) is 46.7 Å². The second-order valence-electron chi connectivity index (χ2n) is 4.69. The number of hydrogen-bond acceptors (Lipinski definition) is 3. The molecule has 0 radical (unpaired) electrons. The molecule has 0 unspecified atom stereocenters. The summed E-state index contributed by atoms with van der Waals surface area (Å²) in [6, 6.07) is 5.21. The van der Waals surface area contributed by atoms with Crippen molar-refractivity contribution in [2.24, 2.45) is 0 Å². The summed E-state index contributed by atoms with van der Waals surface area (Å²) in [5, 5.41) is 18.8. The van der Waals surface area contributed by atoms with Gasteiger partial charge in [-0.25, -0.2) is 4.79 Å². The van der Waals surface area contributed by atoms with Crippen LogP contribution in [0.15, 0.2) is 24.3 Å². The summed E-state index contributed by atoms with van der Waals surface area (Å²) in [5.41, 5.74) is -0.674. The zero-order chi connectivity index (χ0) is 16.5. The lowest BCUT2D eigenvalue weighted by Crippen LogP contribution is -2.47. The van der Waals surface area contributed by atoms with Crippen molar-refractivity contribution in [3.63, 3.8) is 0 Å². The molecule has 1 aromatic rings. The fourth-order valence-corrected chi connectivity index (χ4v) is 2.16. The van der Waals surface area contributed by atoms with Crippen LogP contribution in [0.5, 0.6) is 0 Å². The Morgan fingerprint density at radius 3 is 1.76 bits per heavy atom. The number of para-hydroxylation sites is 1. The van der Waals surface area contributed by atoms with Crippen molar-refractivity contribution in [3.8, 4) is 0 Å². The van der Waals surface area contributed by atoms with Crippen molar-refractivity contribution in [1.82, 2.24) is 0 Å². The lowest BCUT2D eigenvalue weighted by atomic mass is 10.2. The van der Waals surface area contributed by atoms with Crippen molar-refractivity contribution in [3.05, 3.63) is 39.9 Å². The summed E-state index contributed by atoms with van der Waals surface area (Å²) in [7, 11) is 0. The smallest absolute Gasteiger partial charge is 0.342 e. The summed E-state index contributed by atoms with van der Waals surface area (Å²) in [6.45, 7) is 14.2. The molecule has 0 saturated heterocycles. The van der Waals surface area contributed by atoms with Gasteiger partial charge in [-0.2, -0.15) is 0 Å². The highest BCUT2D eigenvalue weighted by Gasteiger charge is 2.17. The van der Waals surface area contributed by atoms with E-state index >= 15 is 0 Å². The van der Waals surface area contributed by atoms with Gasteiger partial charge in [0.1, 0.15) is 5.56 Å². The molecule has 1 rings (SSSR count). The van der Waals surface area contributed by atoms with E-state index in [1.807, 2.05) is 0 Å². The lowest BCUT2D eigenvalue weighted by molar-refractivity contribution is -0.921. The largest absolute Gasteiger partial charge is 0.477 e. The Balaban J connectivity index is 0.000000400. The molecule has 0 bridgehead atoms. The van der Waals surface area contributed by atoms with Crippen LogP contribution in [0.3, 0.4) is 0 Å². The van der Waals surface area contributed by atoms with E-state index in [1.54, 1.807) is 0 Å². The van der Waals surface area contributed by atoms with Crippen molar-refractivity contribution >= 4 is 11.7 Å². The Morgan fingerprint density at radius 1 is 1.10 bits per heavy atom. The van der Waals surface area contributed by atoms with Crippen LogP contribution in [0.4, 0.5) is 5.69 Å². The number of hydrogen-bond donors (Lipinski definition) is 1. The average Bonchev–Trinajstić information content (AvgIpc) is 2.50. The Bertz CT molecular complexity index is 420. The van der Waals surface area contributed by atoms with Gasteiger partial charge in [0.15, 0.2) is 0 Å². The van der Waals surface area contributed by atoms with Gasteiger partial charge in [0, 0.05) is 6.07 Å². The van der Waals surface area contributed by atoms with Gasteiger partial charge in [-0.05, 0) is 33.8 Å². The zero-order valence-electron chi connectivity index (χ0n) is 13.2. The van der Waals surface area contributed by atoms with E-state index in [4.69, 9.17) is 5.11 Å². The topological polar surface area (TPSA) is 80.4 Å². The lowest BCUT2D eigenvalue weighted by Gasteiger charge is -2.34. The number of benzene rings is 1. The van der Waals surface area contributed by atoms with Gasteiger partial charge in [0.05, 0.1) is 31.1 Å². The summed E-state index contributed by atoms with van der Waals surface area (Å²) in [6.07, 6.45) is 0. The first kappa shape index (κ1) is 19.1. The molecule has 0 amide bonds. The minimum Gasteiger partial charge on any atom is -0.477 e. The molecular formula is C15H25N2O4+. The zero-order valence-corrected chi connectivity index (χ0v) is 13.2. The average molecular weight is 297 g/mol. The number of carboxylic acids is 1. The third-order valence-corrected chi connectivity index (χ3v) is 4.01. The van der Waals surface area contributed by atoms with E-state index in [2.05, 4.69) is 27.7 Å². The molecule has 0 aliphatic carbocycles. The fraction of sp³-hybridized carbons (Fsp3) is 0.533. The molecule has 1 aromatic carbocycles. The number of nitro benzene ring substituents is 1. The number of rotatable bonds is 6. The first-order valence-electron chi connectivity index (χ1n) is 7.19. The van der Waals surface area contributed by atoms with E-state index in [0.29, 0.717) is 0 Å². The Hall–Kier alpha value is -1.95. The van der Waals surface area contributed by atoms with E-state index in [9.17, 15) is 14.9 Å². The number of quaternary nitrogens is 1. The normalized spacial score (nSPS) is 10.5. The summed E-state index contributed by atoms with van der Waals surface area (Å²) in [5.74, 6) is -1.29. The van der Waals surface area contributed by atoms with Crippen LogP contribution in [0.2, 0.25) is 0 Å². The molecule has 0 fully saturated rings. The molecule has 6 heteroatoms. The highest BCUT2D eigenvalue weighted by atomic mass is 16.6. The monoisotopic (exact) mass is 297 g/mol. The molecule has 0 aliphatic rings. The molecular weight excluding hydrogens is 272 g/mol. The Kier molecular flexibility index (Phi) is 8.23. The molecule has 0 saturated carbocycles. The van der Waals surface area contributed by atoms with Crippen LogP contribution in [0, 0.1) is 10.1 Å². The molecule has 0 atom stereocenters. The van der Waals surface area contributed by atoms with E-state index < -0.39 is 10.9 Å². The summed E-state index contributed by atoms with van der Waals surface area (Å²) < 4.78 is 1.28. The van der Waals surface area contributed by atoms with E-state index in [-0.39, 0.29) is 11.3 Å². The number of carboxylic acid groups (broad SMARTS) is 1. The maximum absolute atomic E-state index is 10.4. The minimum absolute atomic E-state index is 0.289. The van der Waals surface area contributed by atoms with Crippen LogP contribution in [0.25, 0.3) is 0 Å². The third-order valence-electron chi connectivity index (χ3n) is 4.01. The van der Waals surface area contributed by atoms with Gasteiger partial charge in [-0.1, -0.05) is 12.1 Å². The molecule has 0 spiro atoms. The number of carbonyl (C=O) groups is 1. The van der Waals surface area contributed by atoms with Gasteiger partial charge in [0.25, 0.3) is 5.69 Å². The standard InChI is InChI=1S/C8H20N.C7H5NO4/c1-5-9(6-2,7-3)8-4;9-7(10)5-3-1-2-4-6(5)8(11)12/h5-8H2,1-4H3;1-4H,(H,9,10)/q+1;. The van der Waals surface area contributed by atoms with Crippen molar-refractivity contribution in [2.45, 2.75) is 27.7 Å². The highest BCUT2D eigenvalue weighted by molar-refractivity contribution is 5.92. The molecule has 118 valence electrons. The predicted molar refractivity (Wildman–Crippen MR) is 82.5 cm³/mol. The molecule has 1 N–H and O–H groups in total. The summed E-state index contributed by atoms with van der Waals surface area (Å²) in [4.78, 5) is 20.0. The third kappa shape index (κ3) is 5.51. The minimum atomic E-state index is -1.29. The van der Waals surface area contributed by atoms with Crippen molar-refractivity contribution < 1.29 is 19.3 Å². The second-order valence-corrected chi connectivity index (χ2v) is 4.69. The quantitative estimate of drug-likeness (QED) is 0.497. The number of aromatic carboxylic acids is 1. The molecule has 0 aromatic heterocycles. The van der Waals surface area contributed by atoms with Gasteiger partial charge in [-0.15, -0.1) is 0 Å². The van der Waals surface area contributed by atoms with Crippen LogP contribution < -0.4 is 0 Å². The first-order valence-corrected chi connectivity index (χ1v) is 7.19. The van der Waals surface area contributed by atoms with Crippen molar-refractivity contribution in [2.75, 3.05) is 26.2 Å². The van der Waals surface area contributed by atoms with Crippen LogP contribution in [0.1, 0.15) is 38.1 Å². The summed E-state index contributed by atoms with van der Waals surface area (Å²) >= 11 is 0. The number of nitro groups is 1.